The van der Waals surface area contributed by atoms with E-state index in [2.05, 4.69) is 4.72 Å². The third kappa shape index (κ3) is 4.70. The Morgan fingerprint density at radius 1 is 1.09 bits per heavy atom. The van der Waals surface area contributed by atoms with Crippen molar-refractivity contribution in [2.24, 2.45) is 5.41 Å². The number of alkyl halides is 3. The van der Waals surface area contributed by atoms with Gasteiger partial charge in [0.15, 0.2) is 0 Å². The van der Waals surface area contributed by atoms with Gasteiger partial charge in [0.05, 0.1) is 16.3 Å². The van der Waals surface area contributed by atoms with Crippen LogP contribution in [0.5, 0.6) is 0 Å². The quantitative estimate of drug-likeness (QED) is 0.519. The Balaban J connectivity index is 1.84. The molecule has 0 radical (unpaired) electrons. The van der Waals surface area contributed by atoms with Gasteiger partial charge in [-0.15, -0.1) is 0 Å². The van der Waals surface area contributed by atoms with Crippen molar-refractivity contribution >= 4 is 26.8 Å². The molecular formula is C24H25F3N2O3S. The maximum absolute atomic E-state index is 13.6. The van der Waals surface area contributed by atoms with Gasteiger partial charge in [-0.1, -0.05) is 51.1 Å². The largest absolute Gasteiger partial charge is 0.417 e. The number of carbonyl (C=O) groups is 1. The van der Waals surface area contributed by atoms with Crippen molar-refractivity contribution in [3.63, 3.8) is 0 Å². The van der Waals surface area contributed by atoms with Gasteiger partial charge in [0.1, 0.15) is 0 Å². The number of hydrogen-bond acceptors (Lipinski definition) is 3. The molecule has 3 aromatic rings. The van der Waals surface area contributed by atoms with Crippen molar-refractivity contribution in [1.29, 1.82) is 0 Å². The van der Waals surface area contributed by atoms with Crippen molar-refractivity contribution in [3.05, 3.63) is 59.8 Å². The zero-order valence-electron chi connectivity index (χ0n) is 18.5. The highest BCUT2D eigenvalue weighted by molar-refractivity contribution is 7.90. The predicted molar refractivity (Wildman–Crippen MR) is 121 cm³/mol. The van der Waals surface area contributed by atoms with Crippen molar-refractivity contribution in [1.82, 2.24) is 9.29 Å². The van der Waals surface area contributed by atoms with Gasteiger partial charge in [0.25, 0.3) is 0 Å². The first-order valence-corrected chi connectivity index (χ1v) is 12.2. The Hall–Kier alpha value is -2.65. The van der Waals surface area contributed by atoms with Gasteiger partial charge in [-0.2, -0.15) is 13.2 Å². The van der Waals surface area contributed by atoms with Gasteiger partial charge >= 0.3 is 6.18 Å². The van der Waals surface area contributed by atoms with Crippen LogP contribution >= 0.6 is 0 Å². The van der Waals surface area contributed by atoms with Crippen LogP contribution in [-0.2, 0) is 22.7 Å². The summed E-state index contributed by atoms with van der Waals surface area (Å²) in [6.45, 7) is 5.25. The molecule has 1 heterocycles. The number of benzene rings is 2. The third-order valence-electron chi connectivity index (χ3n) is 5.72. The summed E-state index contributed by atoms with van der Waals surface area (Å²) in [7, 11) is -3.44. The molecule has 1 aliphatic carbocycles. The molecule has 0 bridgehead atoms. The molecule has 0 unspecified atom stereocenters. The normalized spacial score (nSPS) is 15.2. The van der Waals surface area contributed by atoms with Crippen molar-refractivity contribution in [3.8, 4) is 11.1 Å². The molecular weight excluding hydrogens is 453 g/mol. The number of hydrogen-bond donors (Lipinski definition) is 1. The highest BCUT2D eigenvalue weighted by Gasteiger charge is 2.36. The van der Waals surface area contributed by atoms with E-state index in [0.717, 1.165) is 6.07 Å². The van der Waals surface area contributed by atoms with Crippen LogP contribution in [0.1, 0.15) is 49.5 Å². The number of aromatic nitrogens is 1. The lowest BCUT2D eigenvalue weighted by Crippen LogP contribution is -2.27. The number of sulfonamides is 1. The fraction of sp³-hybridized carbons (Fsp3) is 0.375. The summed E-state index contributed by atoms with van der Waals surface area (Å²) >= 11 is 0. The molecule has 0 aliphatic heterocycles. The molecule has 0 amide bonds. The number of rotatable bonds is 5. The van der Waals surface area contributed by atoms with Crippen LogP contribution in [0.25, 0.3) is 22.0 Å². The first kappa shape index (κ1) is 23.5. The molecule has 0 spiro atoms. The van der Waals surface area contributed by atoms with Crippen LogP contribution in [0.2, 0.25) is 0 Å². The fourth-order valence-corrected chi connectivity index (χ4v) is 5.14. The Labute approximate surface area is 190 Å². The number of nitrogens with one attached hydrogen (secondary N) is 1. The Morgan fingerprint density at radius 2 is 1.76 bits per heavy atom. The molecule has 1 N–H and O–H groups in total. The first-order valence-electron chi connectivity index (χ1n) is 10.6. The number of carbonyl (C=O) groups excluding carboxylic acids is 1. The molecule has 1 aliphatic rings. The summed E-state index contributed by atoms with van der Waals surface area (Å²) in [5, 5.41) is 0.229. The summed E-state index contributed by atoms with van der Waals surface area (Å²) in [4.78, 5) is 13.1. The number of fused-ring (bicyclic) bond motifs is 1. The molecule has 0 saturated heterocycles. The summed E-state index contributed by atoms with van der Waals surface area (Å²) < 4.78 is 69.3. The Bertz CT molecular complexity index is 1330. The zero-order valence-corrected chi connectivity index (χ0v) is 19.3. The van der Waals surface area contributed by atoms with Gasteiger partial charge < -0.3 is 0 Å². The number of nitrogens with zero attached hydrogens (tertiary/aromatic N) is 1. The van der Waals surface area contributed by atoms with E-state index < -0.39 is 27.2 Å². The van der Waals surface area contributed by atoms with E-state index in [4.69, 9.17) is 0 Å². The van der Waals surface area contributed by atoms with Gasteiger partial charge in [0, 0.05) is 23.5 Å². The van der Waals surface area contributed by atoms with Crippen LogP contribution in [0.4, 0.5) is 13.2 Å². The SMILES string of the molecule is CC(C)(C)C(=O)n1cc(CNS(=O)(=O)C2CC2)c2ccc(-c3ccccc3C(F)(F)F)cc21. The predicted octanol–water partition coefficient (Wildman–Crippen LogP) is 5.60. The van der Waals surface area contributed by atoms with E-state index in [1.165, 1.54) is 22.8 Å². The van der Waals surface area contributed by atoms with Crippen LogP contribution in [0.15, 0.2) is 48.7 Å². The maximum atomic E-state index is 13.6. The van der Waals surface area contributed by atoms with Crippen LogP contribution in [0.3, 0.4) is 0 Å². The van der Waals surface area contributed by atoms with Gasteiger partial charge in [-0.3, -0.25) is 9.36 Å². The van der Waals surface area contributed by atoms with E-state index in [1.54, 1.807) is 45.2 Å². The summed E-state index contributed by atoms with van der Waals surface area (Å²) in [6.07, 6.45) is -1.70. The fourth-order valence-electron chi connectivity index (χ4n) is 3.79. The minimum Gasteiger partial charge on any atom is -0.286 e. The molecule has 176 valence electrons. The molecule has 1 aromatic heterocycles. The average molecular weight is 479 g/mol. The minimum absolute atomic E-state index is 0.00175. The van der Waals surface area contributed by atoms with Crippen LogP contribution in [0, 0.1) is 5.41 Å². The first-order chi connectivity index (χ1) is 15.3. The van der Waals surface area contributed by atoms with E-state index in [0.29, 0.717) is 34.9 Å². The summed E-state index contributed by atoms with van der Waals surface area (Å²) in [6, 6.07) is 10.1. The molecule has 33 heavy (non-hydrogen) atoms. The average Bonchev–Trinajstić information content (AvgIpc) is 3.53. The minimum atomic E-state index is -4.53. The van der Waals surface area contributed by atoms with Gasteiger partial charge in [-0.05, 0) is 41.7 Å². The highest BCUT2D eigenvalue weighted by atomic mass is 32.2. The molecule has 1 fully saturated rings. The van der Waals surface area contributed by atoms with Gasteiger partial charge in [-0.25, -0.2) is 13.1 Å². The second-order valence-corrected chi connectivity index (χ2v) is 11.5. The summed E-state index contributed by atoms with van der Waals surface area (Å²) in [5.74, 6) is -0.245. The third-order valence-corrected chi connectivity index (χ3v) is 7.61. The second-order valence-electron chi connectivity index (χ2n) is 9.42. The Kier molecular flexibility index (Phi) is 5.69. The summed E-state index contributed by atoms with van der Waals surface area (Å²) in [5.41, 5.74) is -0.161. The van der Waals surface area contributed by atoms with Crippen LogP contribution in [-0.4, -0.2) is 24.1 Å². The number of halogens is 3. The van der Waals surface area contributed by atoms with Crippen LogP contribution < -0.4 is 4.72 Å². The monoisotopic (exact) mass is 478 g/mol. The molecule has 9 heteroatoms. The second kappa shape index (κ2) is 7.99. The zero-order chi connectivity index (χ0) is 24.2. The smallest absolute Gasteiger partial charge is 0.286 e. The van der Waals surface area contributed by atoms with Crippen molar-refractivity contribution in [2.75, 3.05) is 0 Å². The molecule has 2 aromatic carbocycles. The van der Waals surface area contributed by atoms with E-state index in [1.807, 2.05) is 0 Å². The van der Waals surface area contributed by atoms with E-state index >= 15 is 0 Å². The lowest BCUT2D eigenvalue weighted by atomic mass is 9.95. The molecule has 1 saturated carbocycles. The maximum Gasteiger partial charge on any atom is 0.417 e. The van der Waals surface area contributed by atoms with E-state index in [-0.39, 0.29) is 23.3 Å². The van der Waals surface area contributed by atoms with Gasteiger partial charge in [0.2, 0.25) is 15.9 Å². The molecule has 5 nitrogen and oxygen atoms in total. The van der Waals surface area contributed by atoms with Crippen molar-refractivity contribution in [2.45, 2.75) is 51.6 Å². The van der Waals surface area contributed by atoms with Crippen molar-refractivity contribution < 1.29 is 26.4 Å². The highest BCUT2D eigenvalue weighted by Crippen LogP contribution is 2.38. The lowest BCUT2D eigenvalue weighted by molar-refractivity contribution is -0.137. The topological polar surface area (TPSA) is 68.2 Å². The standard InChI is InChI=1S/C24H25F3N2O3S/c1-23(2,3)22(30)29-14-16(13-28-33(31,32)17-9-10-17)19-11-8-15(12-21(19)29)18-6-4-5-7-20(18)24(25,26)27/h4-8,11-12,14,17,28H,9-10,13H2,1-3H3. The lowest BCUT2D eigenvalue weighted by Gasteiger charge is -2.18. The van der Waals surface area contributed by atoms with E-state index in [9.17, 15) is 26.4 Å². The molecule has 4 rings (SSSR count). The Morgan fingerprint density at radius 3 is 2.36 bits per heavy atom. The molecule has 0 atom stereocenters.